The molecule has 0 unspecified atom stereocenters. The summed E-state index contributed by atoms with van der Waals surface area (Å²) >= 11 is 0. The fraction of sp³-hybridized carbons (Fsp3) is 0.458. The van der Waals surface area contributed by atoms with Gasteiger partial charge >= 0.3 is 0 Å². The van der Waals surface area contributed by atoms with Gasteiger partial charge < -0.3 is 4.90 Å². The molecule has 0 N–H and O–H groups in total. The first kappa shape index (κ1) is 25.6. The zero-order chi connectivity index (χ0) is 20.5. The van der Waals surface area contributed by atoms with Gasteiger partial charge in [-0.25, -0.2) is 4.39 Å². The van der Waals surface area contributed by atoms with E-state index < -0.39 is 0 Å². The molecule has 2 saturated heterocycles. The lowest BCUT2D eigenvalue weighted by molar-refractivity contribution is -0.131. The minimum absolute atomic E-state index is 0. The summed E-state index contributed by atoms with van der Waals surface area (Å²) in [6, 6.07) is 15.6. The van der Waals surface area contributed by atoms with Gasteiger partial charge in [-0.05, 0) is 50.2 Å². The fourth-order valence-electron chi connectivity index (χ4n) is 5.05. The summed E-state index contributed by atoms with van der Waals surface area (Å²) in [6.45, 7) is 5.78. The Bertz CT molecular complexity index is 879. The van der Waals surface area contributed by atoms with Crippen molar-refractivity contribution in [3.05, 3.63) is 71.0 Å². The molecule has 7 heteroatoms. The van der Waals surface area contributed by atoms with E-state index in [4.69, 9.17) is 0 Å². The third kappa shape index (κ3) is 5.78. The van der Waals surface area contributed by atoms with E-state index in [1.54, 1.807) is 12.1 Å². The smallest absolute Gasteiger partial charge is 0.236 e. The number of halogens is 3. The molecule has 2 heterocycles. The van der Waals surface area contributed by atoms with Gasteiger partial charge in [0.1, 0.15) is 5.82 Å². The maximum absolute atomic E-state index is 13.8. The zero-order valence-electron chi connectivity index (χ0n) is 18.3. The number of hydrogen-bond acceptors (Lipinski definition) is 3. The van der Waals surface area contributed by atoms with E-state index in [0.717, 1.165) is 31.7 Å². The lowest BCUT2D eigenvalue weighted by Crippen LogP contribution is -2.39. The third-order valence-corrected chi connectivity index (χ3v) is 6.42. The number of likely N-dealkylation sites (N-methyl/N-ethyl adjacent to an activating group) is 1. The molecule has 0 aromatic heterocycles. The molecular weight excluding hydrogens is 436 g/mol. The Morgan fingerprint density at radius 1 is 1.10 bits per heavy atom. The quantitative estimate of drug-likeness (QED) is 0.659. The Hall–Kier alpha value is -1.66. The number of carbonyl (C=O) groups excluding carboxylic acids is 1. The third-order valence-electron chi connectivity index (χ3n) is 6.42. The summed E-state index contributed by atoms with van der Waals surface area (Å²) in [5.41, 5.74) is 3.48. The first-order valence-corrected chi connectivity index (χ1v) is 10.4. The summed E-state index contributed by atoms with van der Waals surface area (Å²) in [6.07, 6.45) is 0. The van der Waals surface area contributed by atoms with Crippen molar-refractivity contribution >= 4 is 30.7 Å². The topological polar surface area (TPSA) is 26.8 Å². The Balaban J connectivity index is 0.00000171. The van der Waals surface area contributed by atoms with E-state index in [2.05, 4.69) is 48.0 Å². The Kier molecular flexibility index (Phi) is 8.90. The van der Waals surface area contributed by atoms with Gasteiger partial charge in [0.05, 0.1) is 6.54 Å². The molecule has 2 aromatic rings. The SMILES string of the molecule is Cc1ccc(CN(C)CC(=O)N2C[C@@H]3CN(C)[C@@H](c4cccc(F)c4)[C@@H]3C2)cc1.Cl.Cl. The molecule has 2 fully saturated rings. The minimum atomic E-state index is -0.192. The van der Waals surface area contributed by atoms with Crippen molar-refractivity contribution in [2.45, 2.75) is 19.5 Å². The number of hydrogen-bond donors (Lipinski definition) is 0. The van der Waals surface area contributed by atoms with Crippen LogP contribution in [0.3, 0.4) is 0 Å². The lowest BCUT2D eigenvalue weighted by Gasteiger charge is -2.27. The molecule has 0 saturated carbocycles. The number of fused-ring (bicyclic) bond motifs is 1. The summed E-state index contributed by atoms with van der Waals surface area (Å²) in [5.74, 6) is 0.824. The second-order valence-corrected chi connectivity index (χ2v) is 8.82. The van der Waals surface area contributed by atoms with Crippen LogP contribution in [0.5, 0.6) is 0 Å². The zero-order valence-corrected chi connectivity index (χ0v) is 20.0. The molecule has 31 heavy (non-hydrogen) atoms. The van der Waals surface area contributed by atoms with Gasteiger partial charge in [-0.2, -0.15) is 0 Å². The number of carbonyl (C=O) groups is 1. The molecule has 0 bridgehead atoms. The second kappa shape index (κ2) is 10.8. The van der Waals surface area contributed by atoms with Crippen LogP contribution >= 0.6 is 24.8 Å². The normalized spacial score (nSPS) is 22.7. The highest BCUT2D eigenvalue weighted by atomic mass is 35.5. The summed E-state index contributed by atoms with van der Waals surface area (Å²) < 4.78 is 13.8. The average Bonchev–Trinajstić information content (AvgIpc) is 3.20. The molecule has 4 rings (SSSR count). The van der Waals surface area contributed by atoms with Crippen LogP contribution in [0, 0.1) is 24.6 Å². The largest absolute Gasteiger partial charge is 0.341 e. The number of benzene rings is 2. The van der Waals surface area contributed by atoms with E-state index in [1.165, 1.54) is 17.2 Å². The summed E-state index contributed by atoms with van der Waals surface area (Å²) in [7, 11) is 4.10. The molecule has 1 amide bonds. The highest BCUT2D eigenvalue weighted by molar-refractivity contribution is 5.85. The molecule has 2 aromatic carbocycles. The Morgan fingerprint density at radius 3 is 2.48 bits per heavy atom. The first-order valence-electron chi connectivity index (χ1n) is 10.4. The Labute approximate surface area is 197 Å². The van der Waals surface area contributed by atoms with E-state index in [-0.39, 0.29) is 42.6 Å². The van der Waals surface area contributed by atoms with Crippen molar-refractivity contribution in [2.24, 2.45) is 11.8 Å². The lowest BCUT2D eigenvalue weighted by atomic mass is 9.89. The van der Waals surface area contributed by atoms with E-state index in [0.29, 0.717) is 18.4 Å². The molecule has 2 aliphatic rings. The summed E-state index contributed by atoms with van der Waals surface area (Å²) in [4.78, 5) is 19.3. The first-order chi connectivity index (χ1) is 13.9. The highest BCUT2D eigenvalue weighted by Gasteiger charge is 2.47. The van der Waals surface area contributed by atoms with Gasteiger partial charge in [0.25, 0.3) is 0 Å². The van der Waals surface area contributed by atoms with Crippen molar-refractivity contribution in [3.8, 4) is 0 Å². The molecule has 3 atom stereocenters. The van der Waals surface area contributed by atoms with Crippen LogP contribution in [0.4, 0.5) is 4.39 Å². The number of rotatable bonds is 5. The van der Waals surface area contributed by atoms with Crippen LogP contribution in [0.2, 0.25) is 0 Å². The van der Waals surface area contributed by atoms with Crippen molar-refractivity contribution in [1.82, 2.24) is 14.7 Å². The molecular formula is C24H32Cl2FN3O. The van der Waals surface area contributed by atoms with E-state index in [1.807, 2.05) is 18.0 Å². The van der Waals surface area contributed by atoms with Crippen LogP contribution in [0.15, 0.2) is 48.5 Å². The van der Waals surface area contributed by atoms with E-state index >= 15 is 0 Å². The second-order valence-electron chi connectivity index (χ2n) is 8.82. The number of nitrogens with zero attached hydrogens (tertiary/aromatic N) is 3. The van der Waals surface area contributed by atoms with Crippen LogP contribution in [0.1, 0.15) is 22.7 Å². The van der Waals surface area contributed by atoms with Crippen molar-refractivity contribution in [1.29, 1.82) is 0 Å². The number of aryl methyl sites for hydroxylation is 1. The van der Waals surface area contributed by atoms with Gasteiger partial charge in [-0.3, -0.25) is 14.6 Å². The predicted octanol–water partition coefficient (Wildman–Crippen LogP) is 4.17. The van der Waals surface area contributed by atoms with Gasteiger partial charge in [0.2, 0.25) is 5.91 Å². The van der Waals surface area contributed by atoms with Crippen molar-refractivity contribution in [2.75, 3.05) is 40.3 Å². The predicted molar refractivity (Wildman–Crippen MR) is 127 cm³/mol. The fourth-order valence-corrected chi connectivity index (χ4v) is 5.05. The van der Waals surface area contributed by atoms with Crippen molar-refractivity contribution in [3.63, 3.8) is 0 Å². The molecule has 4 nitrogen and oxygen atoms in total. The Morgan fingerprint density at radius 2 is 1.81 bits per heavy atom. The number of amides is 1. The van der Waals surface area contributed by atoms with Crippen LogP contribution < -0.4 is 0 Å². The van der Waals surface area contributed by atoms with Gasteiger partial charge in [0.15, 0.2) is 0 Å². The average molecular weight is 468 g/mol. The van der Waals surface area contributed by atoms with Crippen LogP contribution in [-0.4, -0.2) is 60.9 Å². The monoisotopic (exact) mass is 467 g/mol. The molecule has 0 aliphatic carbocycles. The van der Waals surface area contributed by atoms with Crippen LogP contribution in [-0.2, 0) is 11.3 Å². The number of likely N-dealkylation sites (tertiary alicyclic amines) is 2. The molecule has 0 radical (unpaired) electrons. The highest BCUT2D eigenvalue weighted by Crippen LogP contribution is 2.44. The molecule has 2 aliphatic heterocycles. The van der Waals surface area contributed by atoms with E-state index in [9.17, 15) is 9.18 Å². The summed E-state index contributed by atoms with van der Waals surface area (Å²) in [5, 5.41) is 0. The minimum Gasteiger partial charge on any atom is -0.341 e. The van der Waals surface area contributed by atoms with Gasteiger partial charge in [0, 0.05) is 38.1 Å². The van der Waals surface area contributed by atoms with Gasteiger partial charge in [-0.15, -0.1) is 24.8 Å². The molecule has 170 valence electrons. The maximum atomic E-state index is 13.8. The van der Waals surface area contributed by atoms with Crippen molar-refractivity contribution < 1.29 is 9.18 Å². The maximum Gasteiger partial charge on any atom is 0.236 e. The van der Waals surface area contributed by atoms with Crippen LogP contribution in [0.25, 0.3) is 0 Å². The standard InChI is InChI=1S/C24H30FN3O.2ClH/c1-17-7-9-18(10-8-17)12-26(2)16-23(29)28-14-20-13-27(3)24(22(20)15-28)19-5-4-6-21(25)11-19;;/h4-11,20,22,24H,12-16H2,1-3H3;2*1H/t20-,22+,24-;;/m0../s1. The van der Waals surface area contributed by atoms with Gasteiger partial charge in [-0.1, -0.05) is 42.0 Å². The molecule has 0 spiro atoms.